The number of anilines is 1. The van der Waals surface area contributed by atoms with Crippen molar-refractivity contribution in [3.05, 3.63) is 58.0 Å². The van der Waals surface area contributed by atoms with E-state index in [2.05, 4.69) is 46.8 Å². The van der Waals surface area contributed by atoms with E-state index in [4.69, 9.17) is 23.9 Å². The number of benzene rings is 2. The van der Waals surface area contributed by atoms with E-state index in [0.717, 1.165) is 58.5 Å². The van der Waals surface area contributed by atoms with Crippen molar-refractivity contribution in [3.8, 4) is 22.8 Å². The highest BCUT2D eigenvalue weighted by atomic mass is 32.1. The van der Waals surface area contributed by atoms with Crippen LogP contribution in [-0.4, -0.2) is 56.5 Å². The summed E-state index contributed by atoms with van der Waals surface area (Å²) >= 11 is 1.60. The Balaban J connectivity index is 1.32. The first-order valence-electron chi connectivity index (χ1n) is 14.2. The third kappa shape index (κ3) is 6.68. The largest absolute Gasteiger partial charge is 0.496 e. The zero-order valence-electron chi connectivity index (χ0n) is 24.9. The van der Waals surface area contributed by atoms with Crippen LogP contribution in [0.1, 0.15) is 49.4 Å². The number of ether oxygens (including phenoxy) is 4. The van der Waals surface area contributed by atoms with Gasteiger partial charge < -0.3 is 29.2 Å². The molecule has 2 aromatic carbocycles. The monoisotopic (exact) mass is 579 g/mol. The average Bonchev–Trinajstić information content (AvgIpc) is 3.45. The number of carbonyl (C=O) groups is 1. The summed E-state index contributed by atoms with van der Waals surface area (Å²) in [6.07, 6.45) is 1.38. The van der Waals surface area contributed by atoms with Gasteiger partial charge in [0.15, 0.2) is 5.13 Å². The Morgan fingerprint density at radius 1 is 1.22 bits per heavy atom. The number of esters is 1. The van der Waals surface area contributed by atoms with Crippen LogP contribution >= 0.6 is 11.3 Å². The van der Waals surface area contributed by atoms with Crippen LogP contribution < -0.4 is 19.7 Å². The molecule has 8 nitrogen and oxygen atoms in total. The fourth-order valence-electron chi connectivity index (χ4n) is 5.60. The van der Waals surface area contributed by atoms with Crippen molar-refractivity contribution in [1.82, 2.24) is 10.3 Å². The molecule has 0 radical (unpaired) electrons. The minimum atomic E-state index is -0.520. The lowest BCUT2D eigenvalue weighted by Gasteiger charge is -2.37. The first-order chi connectivity index (χ1) is 19.7. The topological polar surface area (TPSA) is 82.2 Å². The zero-order valence-corrected chi connectivity index (χ0v) is 25.7. The number of aryl methyl sites for hydroxylation is 1. The Morgan fingerprint density at radius 2 is 2.05 bits per heavy atom. The molecule has 3 heterocycles. The summed E-state index contributed by atoms with van der Waals surface area (Å²) in [5.41, 5.74) is 6.03. The molecule has 1 N–H and O–H groups in total. The molecule has 3 aromatic rings. The van der Waals surface area contributed by atoms with Gasteiger partial charge in [-0.05, 0) is 75.9 Å². The molecule has 9 heteroatoms. The zero-order chi connectivity index (χ0) is 29.1. The second kappa shape index (κ2) is 12.4. The molecule has 0 amide bonds. The second-order valence-electron chi connectivity index (χ2n) is 11.8. The molecule has 5 rings (SSSR count). The highest BCUT2D eigenvalue weighted by Crippen LogP contribution is 2.38. The van der Waals surface area contributed by atoms with Crippen LogP contribution in [0.2, 0.25) is 0 Å². The van der Waals surface area contributed by atoms with Crippen molar-refractivity contribution < 1.29 is 23.7 Å². The molecule has 41 heavy (non-hydrogen) atoms. The van der Waals surface area contributed by atoms with Gasteiger partial charge in [-0.25, -0.2) is 4.98 Å². The Bertz CT molecular complexity index is 1360. The van der Waals surface area contributed by atoms with E-state index in [9.17, 15) is 4.79 Å². The number of aromatic nitrogens is 1. The number of methoxy groups -OCH3 is 2. The SMILES string of the molecule is COc1cc(COc2c(C)cccc2-c2csc(N3CC[C@H](C(=O)OC(C)(C)C)[C@H](OC)C3)n2)cc2c1CNCC2. The molecule has 0 aliphatic carbocycles. The fraction of sp³-hybridized carbons (Fsp3) is 0.500. The third-order valence-electron chi connectivity index (χ3n) is 7.66. The van der Waals surface area contributed by atoms with Gasteiger partial charge in [0.1, 0.15) is 23.7 Å². The number of hydrogen-bond donors (Lipinski definition) is 1. The summed E-state index contributed by atoms with van der Waals surface area (Å²) in [6, 6.07) is 10.5. The Hall–Kier alpha value is -3.14. The number of para-hydroxylation sites is 1. The fourth-order valence-corrected chi connectivity index (χ4v) is 6.47. The predicted octanol–water partition coefficient (Wildman–Crippen LogP) is 5.53. The Labute approximate surface area is 247 Å². The summed E-state index contributed by atoms with van der Waals surface area (Å²) in [5.74, 6) is 1.26. The summed E-state index contributed by atoms with van der Waals surface area (Å²) in [5, 5.41) is 6.41. The van der Waals surface area contributed by atoms with Gasteiger partial charge in [0.25, 0.3) is 0 Å². The van der Waals surface area contributed by atoms with Crippen LogP contribution in [0.4, 0.5) is 5.13 Å². The molecule has 1 fully saturated rings. The lowest BCUT2D eigenvalue weighted by Crippen LogP contribution is -2.49. The van der Waals surface area contributed by atoms with Crippen molar-refractivity contribution in [2.45, 2.75) is 65.4 Å². The Morgan fingerprint density at radius 3 is 2.80 bits per heavy atom. The van der Waals surface area contributed by atoms with Crippen molar-refractivity contribution >= 4 is 22.4 Å². The Kier molecular flexibility index (Phi) is 8.87. The number of rotatable bonds is 8. The minimum absolute atomic E-state index is 0.196. The predicted molar refractivity (Wildman–Crippen MR) is 162 cm³/mol. The molecular weight excluding hydrogens is 538 g/mol. The third-order valence-corrected chi connectivity index (χ3v) is 8.56. The van der Waals surface area contributed by atoms with Gasteiger partial charge in [0.05, 0.1) is 24.8 Å². The van der Waals surface area contributed by atoms with Crippen LogP contribution in [-0.2, 0) is 33.8 Å². The molecule has 220 valence electrons. The van der Waals surface area contributed by atoms with Crippen LogP contribution in [0.15, 0.2) is 35.7 Å². The smallest absolute Gasteiger partial charge is 0.312 e. The standard InChI is InChI=1S/C32H41N3O5S/c1-20-8-7-9-23(29(20)39-18-21-14-22-10-12-33-16-25(22)27(15-21)37-5)26-19-41-31(34-26)35-13-11-24(28(17-35)38-6)30(36)40-32(2,3)4/h7-9,14-15,19,24,28,33H,10-13,16-18H2,1-6H3/t24-,28+/m0/s1. The minimum Gasteiger partial charge on any atom is -0.496 e. The van der Waals surface area contributed by atoms with E-state index < -0.39 is 5.60 Å². The maximum absolute atomic E-state index is 12.8. The van der Waals surface area contributed by atoms with Crippen molar-refractivity contribution in [2.75, 3.05) is 38.8 Å². The van der Waals surface area contributed by atoms with Gasteiger partial charge in [-0.1, -0.05) is 18.2 Å². The summed E-state index contributed by atoms with van der Waals surface area (Å²) in [7, 11) is 3.38. The second-order valence-corrected chi connectivity index (χ2v) is 12.6. The van der Waals surface area contributed by atoms with E-state index in [-0.39, 0.29) is 18.0 Å². The molecule has 0 saturated carbocycles. The van der Waals surface area contributed by atoms with E-state index in [1.807, 2.05) is 26.8 Å². The average molecular weight is 580 g/mol. The van der Waals surface area contributed by atoms with Crippen molar-refractivity contribution in [2.24, 2.45) is 5.92 Å². The van der Waals surface area contributed by atoms with Crippen LogP contribution in [0.5, 0.6) is 11.5 Å². The van der Waals surface area contributed by atoms with Crippen LogP contribution in [0, 0.1) is 12.8 Å². The van der Waals surface area contributed by atoms with Crippen LogP contribution in [0.3, 0.4) is 0 Å². The maximum Gasteiger partial charge on any atom is 0.312 e. The van der Waals surface area contributed by atoms with Crippen LogP contribution in [0.25, 0.3) is 11.3 Å². The van der Waals surface area contributed by atoms with E-state index >= 15 is 0 Å². The number of piperidine rings is 1. The van der Waals surface area contributed by atoms with Gasteiger partial charge in [-0.3, -0.25) is 4.79 Å². The summed E-state index contributed by atoms with van der Waals surface area (Å²) in [4.78, 5) is 20.0. The number of carbonyl (C=O) groups excluding carboxylic acids is 1. The molecule has 1 aromatic heterocycles. The maximum atomic E-state index is 12.8. The number of thiazole rings is 1. The lowest BCUT2D eigenvalue weighted by atomic mass is 9.93. The summed E-state index contributed by atoms with van der Waals surface area (Å²) < 4.78 is 23.6. The molecule has 2 atom stereocenters. The number of hydrogen-bond acceptors (Lipinski definition) is 9. The molecular formula is C32H41N3O5S. The normalized spacial score (nSPS) is 19.0. The molecule has 0 unspecified atom stereocenters. The molecule has 1 saturated heterocycles. The highest BCUT2D eigenvalue weighted by Gasteiger charge is 2.38. The molecule has 2 aliphatic heterocycles. The number of nitrogens with zero attached hydrogens (tertiary/aromatic N) is 2. The van der Waals surface area contributed by atoms with E-state index in [1.54, 1.807) is 25.6 Å². The summed E-state index contributed by atoms with van der Waals surface area (Å²) in [6.45, 7) is 11.3. The van der Waals surface area contributed by atoms with Gasteiger partial charge in [0.2, 0.25) is 0 Å². The van der Waals surface area contributed by atoms with Gasteiger partial charge in [0, 0.05) is 43.3 Å². The molecule has 0 spiro atoms. The van der Waals surface area contributed by atoms with E-state index in [0.29, 0.717) is 26.1 Å². The van der Waals surface area contributed by atoms with Crippen molar-refractivity contribution in [3.63, 3.8) is 0 Å². The van der Waals surface area contributed by atoms with Gasteiger partial charge >= 0.3 is 5.97 Å². The van der Waals surface area contributed by atoms with Crippen molar-refractivity contribution in [1.29, 1.82) is 0 Å². The number of nitrogens with one attached hydrogen (secondary N) is 1. The lowest BCUT2D eigenvalue weighted by molar-refractivity contribution is -0.165. The number of fused-ring (bicyclic) bond motifs is 1. The molecule has 2 aliphatic rings. The van der Waals surface area contributed by atoms with E-state index in [1.165, 1.54) is 11.1 Å². The first-order valence-corrected chi connectivity index (χ1v) is 15.1. The quantitative estimate of drug-likeness (QED) is 0.349. The van der Waals surface area contributed by atoms with Gasteiger partial charge in [-0.15, -0.1) is 11.3 Å². The highest BCUT2D eigenvalue weighted by molar-refractivity contribution is 7.14. The van der Waals surface area contributed by atoms with Gasteiger partial charge in [-0.2, -0.15) is 0 Å². The molecule has 0 bridgehead atoms. The first kappa shape index (κ1) is 29.4.